The molecule has 0 saturated carbocycles. The van der Waals surface area contributed by atoms with E-state index in [1.807, 2.05) is 18.2 Å². The Labute approximate surface area is 341 Å². The number of halogens is 1. The van der Waals surface area contributed by atoms with Crippen molar-refractivity contribution in [3.63, 3.8) is 0 Å². The molecule has 58 heavy (non-hydrogen) atoms. The highest BCUT2D eigenvalue weighted by molar-refractivity contribution is 6.30. The first kappa shape index (κ1) is 42.7. The number of fused-ring (bicyclic) bond motifs is 5. The standard InChI is InChI=1S/C43H46ClN7O7/c1-24(23-46)47-41(56)35-21-26-7-17-36(52)32(20-26)33-22-30(14-18-37(33)53)38(42(57)48-25(2)39(54)50-35)51(3)43(58)34(6-4-5-19-45)49-40(55)29-10-8-27(9-11-29)28-12-15-31(44)16-13-28/h7-18,20,22,24-25,34-35,38,52-53H,4-6,19,21,45H2,1-3H3,(H,47,56)(H,48,57)(H,49,55)(H,50,54)/t24-,25-,34-,35-,38-/m0/s1. The second kappa shape index (κ2) is 19.1. The van der Waals surface area contributed by atoms with Crippen LogP contribution in [0.15, 0.2) is 84.9 Å². The minimum atomic E-state index is -1.42. The number of nitrogens with one attached hydrogen (secondary N) is 4. The molecule has 4 bridgehead atoms. The van der Waals surface area contributed by atoms with Crippen LogP contribution in [-0.4, -0.2) is 82.4 Å². The number of phenolic OH excluding ortho intramolecular Hbond substituents is 2. The Hall–Kier alpha value is -6.43. The second-order valence-corrected chi connectivity index (χ2v) is 14.7. The molecule has 0 saturated heterocycles. The van der Waals surface area contributed by atoms with Gasteiger partial charge in [0.15, 0.2) is 0 Å². The molecule has 15 heteroatoms. The van der Waals surface area contributed by atoms with Crippen LogP contribution in [0.4, 0.5) is 0 Å². The van der Waals surface area contributed by atoms with Crippen molar-refractivity contribution in [3.05, 3.63) is 107 Å². The molecule has 0 aromatic heterocycles. The maximum atomic E-state index is 14.5. The van der Waals surface area contributed by atoms with E-state index in [0.717, 1.165) is 16.0 Å². The molecule has 14 nitrogen and oxygen atoms in total. The Morgan fingerprint density at radius 1 is 0.897 bits per heavy atom. The lowest BCUT2D eigenvalue weighted by atomic mass is 9.93. The van der Waals surface area contributed by atoms with Gasteiger partial charge in [0.2, 0.25) is 23.6 Å². The molecule has 1 heterocycles. The molecule has 0 fully saturated rings. The predicted octanol–water partition coefficient (Wildman–Crippen LogP) is 4.09. The van der Waals surface area contributed by atoms with E-state index in [0.29, 0.717) is 35.5 Å². The summed E-state index contributed by atoms with van der Waals surface area (Å²) >= 11 is 6.03. The Kier molecular flexibility index (Phi) is 14.1. The fourth-order valence-electron chi connectivity index (χ4n) is 6.68. The van der Waals surface area contributed by atoms with E-state index in [-0.39, 0.29) is 41.0 Å². The van der Waals surface area contributed by atoms with Gasteiger partial charge in [-0.2, -0.15) is 5.26 Å². The summed E-state index contributed by atoms with van der Waals surface area (Å²) in [4.78, 5) is 70.4. The molecule has 0 radical (unpaired) electrons. The number of carbonyl (C=O) groups is 5. The third-order valence-corrected chi connectivity index (χ3v) is 10.2. The van der Waals surface area contributed by atoms with Crippen molar-refractivity contribution in [1.82, 2.24) is 26.2 Å². The van der Waals surface area contributed by atoms with Crippen LogP contribution in [0.5, 0.6) is 11.5 Å². The van der Waals surface area contributed by atoms with Crippen molar-refractivity contribution in [2.45, 2.75) is 69.7 Å². The Balaban J connectivity index is 1.50. The number of phenols is 2. The van der Waals surface area contributed by atoms with Gasteiger partial charge < -0.3 is 42.1 Å². The van der Waals surface area contributed by atoms with Crippen molar-refractivity contribution < 1.29 is 34.2 Å². The average molecular weight is 808 g/mol. The Morgan fingerprint density at radius 3 is 2.16 bits per heavy atom. The summed E-state index contributed by atoms with van der Waals surface area (Å²) in [5, 5.41) is 42.6. The summed E-state index contributed by atoms with van der Waals surface area (Å²) in [6.45, 7) is 3.25. The van der Waals surface area contributed by atoms with E-state index < -0.39 is 59.7 Å². The van der Waals surface area contributed by atoms with E-state index in [1.165, 1.54) is 45.2 Å². The quantitative estimate of drug-likeness (QED) is 0.108. The number of likely N-dealkylation sites (N-methyl/N-ethyl adjacent to an activating group) is 1. The number of aromatic hydroxyl groups is 2. The number of carbonyl (C=O) groups excluding carboxylic acids is 5. The van der Waals surface area contributed by atoms with Crippen LogP contribution in [-0.2, 0) is 25.6 Å². The summed E-state index contributed by atoms with van der Waals surface area (Å²) in [5.41, 5.74) is 8.81. The molecule has 5 atom stereocenters. The number of rotatable bonds is 11. The van der Waals surface area contributed by atoms with Crippen LogP contribution in [0.3, 0.4) is 0 Å². The van der Waals surface area contributed by atoms with Gasteiger partial charge in [0, 0.05) is 35.2 Å². The fraction of sp³-hybridized carbons (Fsp3) is 0.302. The van der Waals surface area contributed by atoms with Crippen LogP contribution >= 0.6 is 11.6 Å². The number of unbranched alkanes of at least 4 members (excludes halogenated alkanes) is 1. The average Bonchev–Trinajstić information content (AvgIpc) is 3.21. The van der Waals surface area contributed by atoms with E-state index in [1.54, 1.807) is 48.5 Å². The lowest BCUT2D eigenvalue weighted by Crippen LogP contribution is -2.56. The van der Waals surface area contributed by atoms with E-state index in [2.05, 4.69) is 21.3 Å². The summed E-state index contributed by atoms with van der Waals surface area (Å²) in [6.07, 6.45) is 1.17. The number of hydrogen-bond donors (Lipinski definition) is 7. The molecule has 8 N–H and O–H groups in total. The van der Waals surface area contributed by atoms with Crippen molar-refractivity contribution in [1.29, 1.82) is 5.26 Å². The largest absolute Gasteiger partial charge is 0.507 e. The molecule has 1 aliphatic rings. The molecule has 302 valence electrons. The zero-order valence-corrected chi connectivity index (χ0v) is 33.0. The Bertz CT molecular complexity index is 2210. The maximum absolute atomic E-state index is 14.5. The van der Waals surface area contributed by atoms with Gasteiger partial charge in [0.25, 0.3) is 5.91 Å². The second-order valence-electron chi connectivity index (χ2n) is 14.2. The third kappa shape index (κ3) is 10.3. The van der Waals surface area contributed by atoms with Crippen molar-refractivity contribution in [2.24, 2.45) is 5.73 Å². The molecule has 1 aliphatic heterocycles. The minimum Gasteiger partial charge on any atom is -0.507 e. The van der Waals surface area contributed by atoms with Crippen LogP contribution < -0.4 is 27.0 Å². The van der Waals surface area contributed by atoms with Crippen LogP contribution in [0.2, 0.25) is 5.02 Å². The number of nitriles is 1. The molecule has 4 aromatic carbocycles. The topological polar surface area (TPSA) is 227 Å². The Morgan fingerprint density at radius 2 is 1.52 bits per heavy atom. The van der Waals surface area contributed by atoms with Gasteiger partial charge in [-0.05, 0) is 110 Å². The lowest BCUT2D eigenvalue weighted by molar-refractivity contribution is -0.141. The molecule has 5 rings (SSSR count). The van der Waals surface area contributed by atoms with Gasteiger partial charge in [-0.25, -0.2) is 0 Å². The van der Waals surface area contributed by atoms with Gasteiger partial charge >= 0.3 is 0 Å². The summed E-state index contributed by atoms with van der Waals surface area (Å²) in [6, 6.07) is 18.9. The summed E-state index contributed by atoms with van der Waals surface area (Å²) in [7, 11) is 1.39. The molecule has 0 unspecified atom stereocenters. The summed E-state index contributed by atoms with van der Waals surface area (Å²) in [5.74, 6) is -3.77. The highest BCUT2D eigenvalue weighted by Crippen LogP contribution is 2.39. The van der Waals surface area contributed by atoms with E-state index in [4.69, 9.17) is 17.3 Å². The zero-order valence-electron chi connectivity index (χ0n) is 32.3. The fourth-order valence-corrected chi connectivity index (χ4v) is 6.81. The van der Waals surface area contributed by atoms with Gasteiger partial charge in [0.1, 0.15) is 41.7 Å². The third-order valence-electron chi connectivity index (χ3n) is 9.92. The molecule has 0 aliphatic carbocycles. The number of benzene rings is 4. The monoisotopic (exact) mass is 807 g/mol. The maximum Gasteiger partial charge on any atom is 0.251 e. The van der Waals surface area contributed by atoms with Crippen molar-refractivity contribution in [3.8, 4) is 39.8 Å². The number of nitrogens with two attached hydrogens (primary N) is 1. The highest BCUT2D eigenvalue weighted by atomic mass is 35.5. The molecule has 5 amide bonds. The number of amides is 5. The van der Waals surface area contributed by atoms with Crippen molar-refractivity contribution in [2.75, 3.05) is 13.6 Å². The number of hydrogen-bond acceptors (Lipinski definition) is 9. The van der Waals surface area contributed by atoms with Gasteiger partial charge in [-0.1, -0.05) is 48.0 Å². The molecule has 0 spiro atoms. The van der Waals surface area contributed by atoms with Crippen LogP contribution in [0, 0.1) is 11.3 Å². The number of nitrogens with zero attached hydrogens (tertiary/aromatic N) is 2. The van der Waals surface area contributed by atoms with Crippen LogP contribution in [0.25, 0.3) is 22.3 Å². The predicted molar refractivity (Wildman–Crippen MR) is 218 cm³/mol. The molecule has 4 aromatic rings. The first-order valence-corrected chi connectivity index (χ1v) is 19.2. The molecular formula is C43H46ClN7O7. The first-order chi connectivity index (χ1) is 27.7. The van der Waals surface area contributed by atoms with E-state index in [9.17, 15) is 39.4 Å². The van der Waals surface area contributed by atoms with Gasteiger partial charge in [0.05, 0.1) is 6.07 Å². The van der Waals surface area contributed by atoms with Crippen LogP contribution in [0.1, 0.15) is 60.6 Å². The van der Waals surface area contributed by atoms with Crippen molar-refractivity contribution >= 4 is 41.1 Å². The van der Waals surface area contributed by atoms with Gasteiger partial charge in [-0.3, -0.25) is 24.0 Å². The lowest BCUT2D eigenvalue weighted by Gasteiger charge is -2.32. The molecular weight excluding hydrogens is 762 g/mol. The summed E-state index contributed by atoms with van der Waals surface area (Å²) < 4.78 is 0. The zero-order chi connectivity index (χ0) is 42.1. The SMILES string of the molecule is C[C@@H]1NC(=O)[C@@H](N(C)C(=O)[C@H](CCCCN)NC(=O)c2ccc(-c3ccc(Cl)cc3)cc2)c2ccc(O)c(c2)-c2cc(ccc2O)C[C@@H](C(=O)N[C@@H](C)C#N)NC1=O. The minimum absolute atomic E-state index is 0.0618. The first-order valence-electron chi connectivity index (χ1n) is 18.8. The smallest absolute Gasteiger partial charge is 0.251 e. The van der Waals surface area contributed by atoms with Gasteiger partial charge in [-0.15, -0.1) is 0 Å². The van der Waals surface area contributed by atoms with E-state index >= 15 is 0 Å². The highest BCUT2D eigenvalue weighted by Gasteiger charge is 2.36. The normalized spacial score (nSPS) is 17.6.